The van der Waals surface area contributed by atoms with Gasteiger partial charge in [0.05, 0.1) is 23.4 Å². The third kappa shape index (κ3) is 3.44. The topological polar surface area (TPSA) is 83.1 Å². The molecule has 4 rings (SSSR count). The summed E-state index contributed by atoms with van der Waals surface area (Å²) in [5, 5.41) is 0.587. The van der Waals surface area contributed by atoms with E-state index in [4.69, 9.17) is 0 Å². The van der Waals surface area contributed by atoms with Gasteiger partial charge in [0.25, 0.3) is 5.56 Å². The molecule has 1 aliphatic heterocycles. The molecule has 8 heteroatoms. The number of hydrogen-bond acceptors (Lipinski definition) is 6. The predicted octanol–water partition coefficient (Wildman–Crippen LogP) is 2.27. The minimum Gasteiger partial charge on any atom is -0.309 e. The monoisotopic (exact) mass is 389 g/mol. The molecule has 1 saturated heterocycles. The maximum absolute atomic E-state index is 12.4. The number of hydrogen-bond donors (Lipinski definition) is 1. The second-order valence-corrected chi connectivity index (χ2v) is 9.94. The van der Waals surface area contributed by atoms with Crippen LogP contribution in [0.25, 0.3) is 20.7 Å². The first-order valence-electron chi connectivity index (χ1n) is 8.40. The molecule has 0 amide bonds. The van der Waals surface area contributed by atoms with Gasteiger partial charge in [0.15, 0.2) is 9.84 Å². The summed E-state index contributed by atoms with van der Waals surface area (Å²) in [5.74, 6) is 0.972. The quantitative estimate of drug-likeness (QED) is 0.740. The van der Waals surface area contributed by atoms with Crippen LogP contribution < -0.4 is 5.56 Å². The van der Waals surface area contributed by atoms with Gasteiger partial charge in [-0.25, -0.2) is 13.4 Å². The highest BCUT2D eigenvalue weighted by atomic mass is 32.2. The van der Waals surface area contributed by atoms with Crippen molar-refractivity contribution in [3.8, 4) is 10.4 Å². The normalized spacial score (nSPS) is 19.4. The van der Waals surface area contributed by atoms with E-state index in [2.05, 4.69) is 9.97 Å². The van der Waals surface area contributed by atoms with Crippen molar-refractivity contribution in [2.24, 2.45) is 0 Å². The Kier molecular flexibility index (Phi) is 4.42. The average molecular weight is 390 g/mol. The Morgan fingerprint density at radius 2 is 2.08 bits per heavy atom. The van der Waals surface area contributed by atoms with E-state index in [-0.39, 0.29) is 23.1 Å². The molecular weight excluding hydrogens is 370 g/mol. The molecule has 1 fully saturated rings. The molecule has 1 atom stereocenters. The first-order valence-corrected chi connectivity index (χ1v) is 11.0. The first kappa shape index (κ1) is 17.4. The maximum Gasteiger partial charge on any atom is 0.259 e. The number of aromatic amines is 1. The summed E-state index contributed by atoms with van der Waals surface area (Å²) >= 11 is 1.49. The zero-order valence-electron chi connectivity index (χ0n) is 14.3. The van der Waals surface area contributed by atoms with Crippen molar-refractivity contribution < 1.29 is 8.42 Å². The van der Waals surface area contributed by atoms with Gasteiger partial charge < -0.3 is 4.98 Å². The Balaban J connectivity index is 1.62. The molecule has 0 aliphatic carbocycles. The summed E-state index contributed by atoms with van der Waals surface area (Å²) in [5.41, 5.74) is 0.903. The zero-order chi connectivity index (χ0) is 18.3. The highest BCUT2D eigenvalue weighted by Gasteiger charge is 2.30. The van der Waals surface area contributed by atoms with E-state index < -0.39 is 9.84 Å². The fourth-order valence-electron chi connectivity index (χ4n) is 3.28. The van der Waals surface area contributed by atoms with E-state index in [0.29, 0.717) is 29.0 Å². The van der Waals surface area contributed by atoms with Crippen LogP contribution in [-0.2, 0) is 16.4 Å². The third-order valence-electron chi connectivity index (χ3n) is 4.74. The summed E-state index contributed by atoms with van der Waals surface area (Å²) in [6.45, 7) is 0.421. The van der Waals surface area contributed by atoms with Crippen LogP contribution in [0.3, 0.4) is 0 Å². The summed E-state index contributed by atoms with van der Waals surface area (Å²) < 4.78 is 23.3. The SMILES string of the molecule is CN(Cc1nc2sc(-c3ccccc3)cc2c(=O)[nH]1)C1CCS(=O)(=O)C1. The molecule has 0 saturated carbocycles. The number of nitrogens with zero attached hydrogens (tertiary/aromatic N) is 2. The van der Waals surface area contributed by atoms with Crippen LogP contribution in [0.2, 0.25) is 0 Å². The zero-order valence-corrected chi connectivity index (χ0v) is 15.9. The van der Waals surface area contributed by atoms with Crippen LogP contribution in [0.4, 0.5) is 0 Å². The van der Waals surface area contributed by atoms with E-state index in [1.165, 1.54) is 11.3 Å². The van der Waals surface area contributed by atoms with Crippen LogP contribution >= 0.6 is 11.3 Å². The van der Waals surface area contributed by atoms with Crippen LogP contribution in [-0.4, -0.2) is 47.9 Å². The molecule has 3 aromatic rings. The lowest BCUT2D eigenvalue weighted by molar-refractivity contribution is 0.248. The standard InChI is InChI=1S/C18H19N3O3S2/c1-21(13-7-8-26(23,24)11-13)10-16-19-17(22)14-9-15(25-18(14)20-16)12-5-3-2-4-6-12/h2-6,9,13H,7-8,10-11H2,1H3,(H,19,20,22). The minimum absolute atomic E-state index is 0.0239. The Labute approximate surface area is 155 Å². The molecule has 1 N–H and O–H groups in total. The van der Waals surface area contributed by atoms with E-state index in [0.717, 1.165) is 10.4 Å². The van der Waals surface area contributed by atoms with Gasteiger partial charge in [-0.1, -0.05) is 30.3 Å². The number of nitrogens with one attached hydrogen (secondary N) is 1. The van der Waals surface area contributed by atoms with E-state index in [1.807, 2.05) is 48.3 Å². The van der Waals surface area contributed by atoms with Gasteiger partial charge >= 0.3 is 0 Å². The molecule has 136 valence electrons. The van der Waals surface area contributed by atoms with Crippen molar-refractivity contribution in [2.75, 3.05) is 18.6 Å². The second kappa shape index (κ2) is 6.61. The third-order valence-corrected chi connectivity index (χ3v) is 7.57. The highest BCUT2D eigenvalue weighted by Crippen LogP contribution is 2.30. The van der Waals surface area contributed by atoms with Crippen molar-refractivity contribution in [1.29, 1.82) is 0 Å². The number of sulfone groups is 1. The van der Waals surface area contributed by atoms with E-state index >= 15 is 0 Å². The van der Waals surface area contributed by atoms with E-state index in [1.54, 1.807) is 0 Å². The number of thiophene rings is 1. The van der Waals surface area contributed by atoms with Gasteiger partial charge in [-0.05, 0) is 25.1 Å². The molecule has 3 heterocycles. The van der Waals surface area contributed by atoms with Gasteiger partial charge in [0, 0.05) is 10.9 Å². The molecule has 2 aromatic heterocycles. The lowest BCUT2D eigenvalue weighted by atomic mass is 10.2. The largest absolute Gasteiger partial charge is 0.309 e. The summed E-state index contributed by atoms with van der Waals surface area (Å²) in [6, 6.07) is 11.8. The van der Waals surface area contributed by atoms with Gasteiger partial charge in [0.1, 0.15) is 10.7 Å². The molecular formula is C18H19N3O3S2. The molecule has 1 unspecified atom stereocenters. The molecule has 0 radical (unpaired) electrons. The summed E-state index contributed by atoms with van der Waals surface area (Å²) in [4.78, 5) is 23.6. The fraction of sp³-hybridized carbons (Fsp3) is 0.333. The number of H-pyrrole nitrogens is 1. The Morgan fingerprint density at radius 1 is 1.31 bits per heavy atom. The summed E-state index contributed by atoms with van der Waals surface area (Å²) in [6.07, 6.45) is 0.627. The van der Waals surface area contributed by atoms with E-state index in [9.17, 15) is 13.2 Å². The summed E-state index contributed by atoms with van der Waals surface area (Å²) in [7, 11) is -1.06. The van der Waals surface area contributed by atoms with Crippen molar-refractivity contribution in [3.05, 3.63) is 52.6 Å². The second-order valence-electron chi connectivity index (χ2n) is 6.68. The van der Waals surface area contributed by atoms with Crippen LogP contribution in [0, 0.1) is 0 Å². The Bertz CT molecular complexity index is 1100. The molecule has 1 aliphatic rings. The molecule has 1 aromatic carbocycles. The smallest absolute Gasteiger partial charge is 0.259 e. The Morgan fingerprint density at radius 3 is 2.77 bits per heavy atom. The fourth-order valence-corrected chi connectivity index (χ4v) is 6.15. The number of rotatable bonds is 4. The number of benzene rings is 1. The number of fused-ring (bicyclic) bond motifs is 1. The maximum atomic E-state index is 12.4. The lowest BCUT2D eigenvalue weighted by Crippen LogP contribution is -2.33. The average Bonchev–Trinajstić information content (AvgIpc) is 3.19. The molecule has 0 bridgehead atoms. The van der Waals surface area contributed by atoms with Gasteiger partial charge in [0.2, 0.25) is 0 Å². The molecule has 26 heavy (non-hydrogen) atoms. The van der Waals surface area contributed by atoms with Gasteiger partial charge in [-0.2, -0.15) is 0 Å². The van der Waals surface area contributed by atoms with Crippen molar-refractivity contribution in [2.45, 2.75) is 19.0 Å². The minimum atomic E-state index is -2.93. The molecule has 6 nitrogen and oxygen atoms in total. The number of aromatic nitrogens is 2. The van der Waals surface area contributed by atoms with Gasteiger partial charge in [-0.3, -0.25) is 9.69 Å². The van der Waals surface area contributed by atoms with Crippen molar-refractivity contribution >= 4 is 31.4 Å². The molecule has 0 spiro atoms. The van der Waals surface area contributed by atoms with Gasteiger partial charge in [-0.15, -0.1) is 11.3 Å². The van der Waals surface area contributed by atoms with Crippen LogP contribution in [0.5, 0.6) is 0 Å². The van der Waals surface area contributed by atoms with Crippen molar-refractivity contribution in [3.63, 3.8) is 0 Å². The first-order chi connectivity index (χ1) is 12.4. The Hall–Kier alpha value is -2.03. The predicted molar refractivity (Wildman–Crippen MR) is 104 cm³/mol. The lowest BCUT2D eigenvalue weighted by Gasteiger charge is -2.22. The van der Waals surface area contributed by atoms with Crippen LogP contribution in [0.1, 0.15) is 12.2 Å². The highest BCUT2D eigenvalue weighted by molar-refractivity contribution is 7.91. The van der Waals surface area contributed by atoms with Crippen molar-refractivity contribution in [1.82, 2.24) is 14.9 Å². The van der Waals surface area contributed by atoms with Crippen LogP contribution in [0.15, 0.2) is 41.2 Å².